The second kappa shape index (κ2) is 6.27. The molecular weight excluding hydrogens is 278 g/mol. The van der Waals surface area contributed by atoms with Gasteiger partial charge in [-0.05, 0) is 25.6 Å². The highest BCUT2D eigenvalue weighted by Crippen LogP contribution is 2.11. The zero-order valence-electron chi connectivity index (χ0n) is 13.1. The van der Waals surface area contributed by atoms with Gasteiger partial charge in [0.05, 0.1) is 5.69 Å². The zero-order valence-corrected chi connectivity index (χ0v) is 13.1. The van der Waals surface area contributed by atoms with Crippen LogP contribution < -0.4 is 0 Å². The smallest absolute Gasteiger partial charge is 0.293 e. The zero-order chi connectivity index (χ0) is 15.5. The number of amides is 1. The van der Waals surface area contributed by atoms with E-state index in [0.717, 1.165) is 44.2 Å². The van der Waals surface area contributed by atoms with E-state index in [1.54, 1.807) is 4.68 Å². The van der Waals surface area contributed by atoms with E-state index < -0.39 is 0 Å². The van der Waals surface area contributed by atoms with Crippen LogP contribution in [0, 0.1) is 6.92 Å². The molecule has 1 aromatic carbocycles. The van der Waals surface area contributed by atoms with Crippen molar-refractivity contribution in [2.75, 3.05) is 32.7 Å². The number of para-hydroxylation sites is 1. The van der Waals surface area contributed by atoms with Crippen molar-refractivity contribution in [3.8, 4) is 5.69 Å². The average molecular weight is 299 g/mol. The number of likely N-dealkylation sites (N-methyl/N-ethyl adjacent to an activating group) is 1. The van der Waals surface area contributed by atoms with Gasteiger partial charge in [0.25, 0.3) is 5.91 Å². The second-order valence-electron chi connectivity index (χ2n) is 5.46. The molecule has 0 unspecified atom stereocenters. The molecule has 0 N–H and O–H groups in total. The van der Waals surface area contributed by atoms with Crippen LogP contribution in [0.5, 0.6) is 0 Å². The van der Waals surface area contributed by atoms with Crippen molar-refractivity contribution >= 4 is 5.91 Å². The highest BCUT2D eigenvalue weighted by molar-refractivity contribution is 5.90. The van der Waals surface area contributed by atoms with Crippen LogP contribution in [0.25, 0.3) is 5.69 Å². The van der Waals surface area contributed by atoms with Gasteiger partial charge in [0.2, 0.25) is 5.82 Å². The first-order chi connectivity index (χ1) is 10.7. The van der Waals surface area contributed by atoms with E-state index in [9.17, 15) is 4.79 Å². The van der Waals surface area contributed by atoms with Gasteiger partial charge in [-0.25, -0.2) is 9.67 Å². The SMILES string of the molecule is CCN1CCN(C(=O)c2nc(C)n(-c3ccccc3)n2)CC1. The molecule has 1 aromatic heterocycles. The molecule has 0 saturated carbocycles. The van der Waals surface area contributed by atoms with E-state index >= 15 is 0 Å². The minimum absolute atomic E-state index is 0.0754. The number of carbonyl (C=O) groups excluding carboxylic acids is 1. The number of hydrogen-bond donors (Lipinski definition) is 0. The maximum Gasteiger partial charge on any atom is 0.293 e. The Bertz CT molecular complexity index is 644. The van der Waals surface area contributed by atoms with E-state index in [-0.39, 0.29) is 11.7 Å². The summed E-state index contributed by atoms with van der Waals surface area (Å²) in [4.78, 5) is 21.1. The van der Waals surface area contributed by atoms with Gasteiger partial charge in [-0.2, -0.15) is 0 Å². The predicted molar refractivity (Wildman–Crippen MR) is 84.1 cm³/mol. The van der Waals surface area contributed by atoms with Crippen LogP contribution in [0.1, 0.15) is 23.4 Å². The number of rotatable bonds is 3. The Labute approximate surface area is 130 Å². The molecular formula is C16H21N5O. The number of carbonyl (C=O) groups is 1. The Morgan fingerprint density at radius 1 is 1.14 bits per heavy atom. The number of nitrogens with zero attached hydrogens (tertiary/aromatic N) is 5. The summed E-state index contributed by atoms with van der Waals surface area (Å²) in [5, 5.41) is 4.40. The summed E-state index contributed by atoms with van der Waals surface area (Å²) in [6.45, 7) is 8.36. The molecule has 0 aliphatic carbocycles. The molecule has 0 radical (unpaired) electrons. The molecule has 6 nitrogen and oxygen atoms in total. The van der Waals surface area contributed by atoms with Crippen molar-refractivity contribution in [2.24, 2.45) is 0 Å². The van der Waals surface area contributed by atoms with Crippen LogP contribution in [0.3, 0.4) is 0 Å². The van der Waals surface area contributed by atoms with Crippen LogP contribution in [0.4, 0.5) is 0 Å². The molecule has 6 heteroatoms. The third-order valence-corrected chi connectivity index (χ3v) is 4.07. The molecule has 0 atom stereocenters. The fourth-order valence-electron chi connectivity index (χ4n) is 2.70. The van der Waals surface area contributed by atoms with E-state index in [2.05, 4.69) is 21.9 Å². The number of benzene rings is 1. The Hall–Kier alpha value is -2.21. The molecule has 2 heterocycles. The summed E-state index contributed by atoms with van der Waals surface area (Å²) >= 11 is 0. The van der Waals surface area contributed by atoms with E-state index in [1.165, 1.54) is 0 Å². The largest absolute Gasteiger partial charge is 0.333 e. The third kappa shape index (κ3) is 2.87. The van der Waals surface area contributed by atoms with E-state index in [0.29, 0.717) is 0 Å². The molecule has 3 rings (SSSR count). The summed E-state index contributed by atoms with van der Waals surface area (Å²) in [6.07, 6.45) is 0. The lowest BCUT2D eigenvalue weighted by atomic mass is 10.3. The van der Waals surface area contributed by atoms with Crippen molar-refractivity contribution in [3.05, 3.63) is 42.0 Å². The molecule has 0 spiro atoms. The van der Waals surface area contributed by atoms with Gasteiger partial charge in [0, 0.05) is 26.2 Å². The van der Waals surface area contributed by atoms with Crippen molar-refractivity contribution in [1.29, 1.82) is 0 Å². The van der Waals surface area contributed by atoms with Crippen molar-refractivity contribution in [1.82, 2.24) is 24.6 Å². The van der Waals surface area contributed by atoms with Gasteiger partial charge in [-0.15, -0.1) is 5.10 Å². The standard InChI is InChI=1S/C16H21N5O/c1-3-19-9-11-20(12-10-19)16(22)15-17-13(2)21(18-15)14-7-5-4-6-8-14/h4-8H,3,9-12H2,1-2H3. The third-order valence-electron chi connectivity index (χ3n) is 4.07. The van der Waals surface area contributed by atoms with Crippen LogP contribution in [-0.4, -0.2) is 63.2 Å². The maximum absolute atomic E-state index is 12.6. The second-order valence-corrected chi connectivity index (χ2v) is 5.46. The fraction of sp³-hybridized carbons (Fsp3) is 0.438. The first-order valence-corrected chi connectivity index (χ1v) is 7.69. The van der Waals surface area contributed by atoms with Gasteiger partial charge < -0.3 is 9.80 Å². The van der Waals surface area contributed by atoms with Crippen molar-refractivity contribution in [2.45, 2.75) is 13.8 Å². The van der Waals surface area contributed by atoms with E-state index in [4.69, 9.17) is 0 Å². The van der Waals surface area contributed by atoms with E-state index in [1.807, 2.05) is 42.2 Å². The lowest BCUT2D eigenvalue weighted by molar-refractivity contribution is 0.0631. The minimum Gasteiger partial charge on any atom is -0.333 e. The van der Waals surface area contributed by atoms with Gasteiger partial charge >= 0.3 is 0 Å². The minimum atomic E-state index is -0.0754. The Morgan fingerprint density at radius 2 is 1.82 bits per heavy atom. The predicted octanol–water partition coefficient (Wildman–Crippen LogP) is 1.35. The number of hydrogen-bond acceptors (Lipinski definition) is 4. The Balaban J connectivity index is 1.77. The maximum atomic E-state index is 12.6. The first kappa shape index (κ1) is 14.7. The van der Waals surface area contributed by atoms with Gasteiger partial charge in [-0.3, -0.25) is 4.79 Å². The summed E-state index contributed by atoms with van der Waals surface area (Å²) in [7, 11) is 0. The summed E-state index contributed by atoms with van der Waals surface area (Å²) in [5.41, 5.74) is 0.919. The highest BCUT2D eigenvalue weighted by atomic mass is 16.2. The van der Waals surface area contributed by atoms with Gasteiger partial charge in [0.1, 0.15) is 5.82 Å². The molecule has 1 aliphatic rings. The molecule has 116 valence electrons. The number of piperazine rings is 1. The van der Waals surface area contributed by atoms with Crippen molar-refractivity contribution in [3.63, 3.8) is 0 Å². The quantitative estimate of drug-likeness (QED) is 0.858. The Kier molecular flexibility index (Phi) is 4.20. The molecule has 1 aliphatic heterocycles. The van der Waals surface area contributed by atoms with Crippen molar-refractivity contribution < 1.29 is 4.79 Å². The topological polar surface area (TPSA) is 54.3 Å². The molecule has 0 bridgehead atoms. The molecule has 2 aromatic rings. The molecule has 1 saturated heterocycles. The molecule has 1 amide bonds. The fourth-order valence-corrected chi connectivity index (χ4v) is 2.70. The van der Waals surface area contributed by atoms with Crippen LogP contribution in [0.15, 0.2) is 30.3 Å². The van der Waals surface area contributed by atoms with Crippen LogP contribution in [0.2, 0.25) is 0 Å². The van der Waals surface area contributed by atoms with Crippen LogP contribution >= 0.6 is 0 Å². The number of aromatic nitrogens is 3. The summed E-state index contributed by atoms with van der Waals surface area (Å²) < 4.78 is 1.72. The lowest BCUT2D eigenvalue weighted by Crippen LogP contribution is -2.48. The van der Waals surface area contributed by atoms with Crippen LogP contribution in [-0.2, 0) is 0 Å². The average Bonchev–Trinajstić information content (AvgIpc) is 2.97. The summed E-state index contributed by atoms with van der Waals surface area (Å²) in [6, 6.07) is 9.75. The lowest BCUT2D eigenvalue weighted by Gasteiger charge is -2.33. The number of aryl methyl sites for hydroxylation is 1. The highest BCUT2D eigenvalue weighted by Gasteiger charge is 2.25. The Morgan fingerprint density at radius 3 is 2.45 bits per heavy atom. The monoisotopic (exact) mass is 299 g/mol. The molecule has 1 fully saturated rings. The first-order valence-electron chi connectivity index (χ1n) is 7.69. The summed E-state index contributed by atoms with van der Waals surface area (Å²) in [5.74, 6) is 0.932. The van der Waals surface area contributed by atoms with Gasteiger partial charge in [-0.1, -0.05) is 25.1 Å². The van der Waals surface area contributed by atoms with Gasteiger partial charge in [0.15, 0.2) is 0 Å². The normalized spacial score (nSPS) is 16.0. The molecule has 22 heavy (non-hydrogen) atoms.